The van der Waals surface area contributed by atoms with E-state index in [0.29, 0.717) is 0 Å². The van der Waals surface area contributed by atoms with Gasteiger partial charge >= 0.3 is 0 Å². The van der Waals surface area contributed by atoms with Gasteiger partial charge in [-0.2, -0.15) is 0 Å². The van der Waals surface area contributed by atoms with Crippen LogP contribution in [0.3, 0.4) is 0 Å². The summed E-state index contributed by atoms with van der Waals surface area (Å²) in [5, 5.41) is 5.30. The molecule has 82 valence electrons. The van der Waals surface area contributed by atoms with Crippen molar-refractivity contribution >= 4 is 28.2 Å². The van der Waals surface area contributed by atoms with Gasteiger partial charge in [0.2, 0.25) is 0 Å². The van der Waals surface area contributed by atoms with Gasteiger partial charge in [0, 0.05) is 23.2 Å². The molecule has 1 aromatic carbocycles. The van der Waals surface area contributed by atoms with Crippen LogP contribution in [0.15, 0.2) is 30.5 Å². The van der Waals surface area contributed by atoms with Crippen LogP contribution >= 0.6 is 11.6 Å². The summed E-state index contributed by atoms with van der Waals surface area (Å²) in [5.74, 6) is 0.845. The highest BCUT2D eigenvalue weighted by atomic mass is 35.5. The monoisotopic (exact) mass is 232 g/mol. The smallest absolute Gasteiger partial charge is 0.0934 e. The number of aromatic nitrogens is 1. The summed E-state index contributed by atoms with van der Waals surface area (Å²) in [6, 6.07) is 7.88. The third-order valence-electron chi connectivity index (χ3n) is 2.95. The molecule has 1 N–H and O–H groups in total. The van der Waals surface area contributed by atoms with Crippen LogP contribution in [-0.4, -0.2) is 11.5 Å². The number of pyridine rings is 1. The van der Waals surface area contributed by atoms with Gasteiger partial charge in [0.05, 0.1) is 11.2 Å². The average molecular weight is 233 g/mol. The third kappa shape index (κ3) is 1.98. The Morgan fingerprint density at radius 1 is 1.38 bits per heavy atom. The molecule has 16 heavy (non-hydrogen) atoms. The lowest BCUT2D eigenvalue weighted by atomic mass is 10.2. The second-order valence-electron chi connectivity index (χ2n) is 4.35. The number of hydrogen-bond acceptors (Lipinski definition) is 2. The van der Waals surface area contributed by atoms with Gasteiger partial charge in [-0.05, 0) is 37.0 Å². The van der Waals surface area contributed by atoms with Gasteiger partial charge in [-0.1, -0.05) is 17.7 Å². The summed E-state index contributed by atoms with van der Waals surface area (Å²) < 4.78 is 0. The molecule has 0 saturated heterocycles. The molecule has 1 fully saturated rings. The number of nitrogens with one attached hydrogen (secondary N) is 1. The van der Waals surface area contributed by atoms with Crippen molar-refractivity contribution in [3.8, 4) is 0 Å². The van der Waals surface area contributed by atoms with Crippen molar-refractivity contribution in [2.45, 2.75) is 12.8 Å². The standard InChI is InChI=1S/C13H13ClN2/c14-11-6-10-2-1-5-15-13(10)12(7-11)16-8-9-3-4-9/h1-2,5-7,9,16H,3-4,8H2. The average Bonchev–Trinajstić information content (AvgIpc) is 3.09. The summed E-state index contributed by atoms with van der Waals surface area (Å²) in [6.07, 6.45) is 4.51. The second-order valence-corrected chi connectivity index (χ2v) is 4.79. The molecule has 0 aliphatic heterocycles. The topological polar surface area (TPSA) is 24.9 Å². The molecule has 1 saturated carbocycles. The highest BCUT2D eigenvalue weighted by molar-refractivity contribution is 6.31. The Labute approximate surface area is 99.6 Å². The molecule has 1 aromatic heterocycles. The fraction of sp³-hybridized carbons (Fsp3) is 0.308. The third-order valence-corrected chi connectivity index (χ3v) is 3.17. The minimum Gasteiger partial charge on any atom is -0.383 e. The summed E-state index contributed by atoms with van der Waals surface area (Å²) in [5.41, 5.74) is 2.06. The molecule has 1 heterocycles. The van der Waals surface area contributed by atoms with Gasteiger partial charge in [0.15, 0.2) is 0 Å². The van der Waals surface area contributed by atoms with E-state index < -0.39 is 0 Å². The molecular formula is C13H13ClN2. The van der Waals surface area contributed by atoms with Crippen LogP contribution in [0, 0.1) is 5.92 Å². The zero-order valence-electron chi connectivity index (χ0n) is 8.91. The van der Waals surface area contributed by atoms with Crippen molar-refractivity contribution in [3.05, 3.63) is 35.5 Å². The molecule has 1 aliphatic rings. The fourth-order valence-electron chi connectivity index (χ4n) is 1.87. The van der Waals surface area contributed by atoms with Crippen molar-refractivity contribution in [2.24, 2.45) is 5.92 Å². The van der Waals surface area contributed by atoms with Crippen LogP contribution in [0.25, 0.3) is 10.9 Å². The molecule has 0 radical (unpaired) electrons. The van der Waals surface area contributed by atoms with Gasteiger partial charge < -0.3 is 5.32 Å². The van der Waals surface area contributed by atoms with E-state index in [9.17, 15) is 0 Å². The molecule has 2 aromatic rings. The van der Waals surface area contributed by atoms with Gasteiger partial charge in [-0.25, -0.2) is 0 Å². The Balaban J connectivity index is 1.99. The predicted octanol–water partition coefficient (Wildman–Crippen LogP) is 3.71. The van der Waals surface area contributed by atoms with E-state index in [2.05, 4.69) is 10.3 Å². The Kier molecular flexibility index (Phi) is 2.44. The van der Waals surface area contributed by atoms with Gasteiger partial charge in [-0.15, -0.1) is 0 Å². The highest BCUT2D eigenvalue weighted by Crippen LogP contribution is 2.31. The highest BCUT2D eigenvalue weighted by Gasteiger charge is 2.20. The zero-order chi connectivity index (χ0) is 11.0. The summed E-state index contributed by atoms with van der Waals surface area (Å²) in [7, 11) is 0. The van der Waals surface area contributed by atoms with E-state index >= 15 is 0 Å². The second kappa shape index (κ2) is 3.95. The Hall–Kier alpha value is -1.28. The number of hydrogen-bond donors (Lipinski definition) is 1. The molecule has 0 bridgehead atoms. The molecular weight excluding hydrogens is 220 g/mol. The summed E-state index contributed by atoms with van der Waals surface area (Å²) in [4.78, 5) is 4.40. The molecule has 3 rings (SSSR count). The first-order valence-electron chi connectivity index (χ1n) is 5.61. The number of anilines is 1. The van der Waals surface area contributed by atoms with Crippen molar-refractivity contribution in [2.75, 3.05) is 11.9 Å². The van der Waals surface area contributed by atoms with Crippen molar-refractivity contribution in [3.63, 3.8) is 0 Å². The first kappa shape index (κ1) is 9.91. The van der Waals surface area contributed by atoms with E-state index in [0.717, 1.165) is 34.1 Å². The van der Waals surface area contributed by atoms with Crippen LogP contribution in [0.4, 0.5) is 5.69 Å². The van der Waals surface area contributed by atoms with Crippen LogP contribution in [-0.2, 0) is 0 Å². The normalized spacial score (nSPS) is 15.3. The minimum atomic E-state index is 0.763. The molecule has 2 nitrogen and oxygen atoms in total. The van der Waals surface area contributed by atoms with Crippen molar-refractivity contribution < 1.29 is 0 Å². The predicted molar refractivity (Wildman–Crippen MR) is 68.0 cm³/mol. The van der Waals surface area contributed by atoms with Crippen LogP contribution in [0.2, 0.25) is 5.02 Å². The lowest BCUT2D eigenvalue weighted by Crippen LogP contribution is -2.04. The SMILES string of the molecule is Clc1cc(NCC2CC2)c2ncccc2c1. The molecule has 0 atom stereocenters. The quantitative estimate of drug-likeness (QED) is 0.873. The Bertz CT molecular complexity index is 520. The van der Waals surface area contributed by atoms with Crippen molar-refractivity contribution in [1.29, 1.82) is 0 Å². The molecule has 0 spiro atoms. The van der Waals surface area contributed by atoms with E-state index in [4.69, 9.17) is 11.6 Å². The number of halogens is 1. The lowest BCUT2D eigenvalue weighted by Gasteiger charge is -2.09. The first-order chi connectivity index (χ1) is 7.83. The van der Waals surface area contributed by atoms with Crippen LogP contribution in [0.1, 0.15) is 12.8 Å². The Morgan fingerprint density at radius 2 is 2.25 bits per heavy atom. The first-order valence-corrected chi connectivity index (χ1v) is 5.99. The van der Waals surface area contributed by atoms with Crippen LogP contribution < -0.4 is 5.32 Å². The maximum atomic E-state index is 6.09. The number of nitrogens with zero attached hydrogens (tertiary/aromatic N) is 1. The Morgan fingerprint density at radius 3 is 3.06 bits per heavy atom. The van der Waals surface area contributed by atoms with Crippen LogP contribution in [0.5, 0.6) is 0 Å². The summed E-state index contributed by atoms with van der Waals surface area (Å²) in [6.45, 7) is 1.03. The van der Waals surface area contributed by atoms with Gasteiger partial charge in [0.25, 0.3) is 0 Å². The minimum absolute atomic E-state index is 0.763. The van der Waals surface area contributed by atoms with Gasteiger partial charge in [0.1, 0.15) is 0 Å². The largest absolute Gasteiger partial charge is 0.383 e. The maximum Gasteiger partial charge on any atom is 0.0934 e. The summed E-state index contributed by atoms with van der Waals surface area (Å²) >= 11 is 6.09. The van der Waals surface area contributed by atoms with Crippen molar-refractivity contribution in [1.82, 2.24) is 4.98 Å². The molecule has 3 heteroatoms. The number of benzene rings is 1. The van der Waals surface area contributed by atoms with E-state index in [1.54, 1.807) is 0 Å². The fourth-order valence-corrected chi connectivity index (χ4v) is 2.09. The molecule has 0 amide bonds. The van der Waals surface area contributed by atoms with Gasteiger partial charge in [-0.3, -0.25) is 4.98 Å². The maximum absolute atomic E-state index is 6.09. The van der Waals surface area contributed by atoms with E-state index in [1.807, 2.05) is 30.5 Å². The van der Waals surface area contributed by atoms with E-state index in [-0.39, 0.29) is 0 Å². The number of rotatable bonds is 3. The van der Waals surface area contributed by atoms with E-state index in [1.165, 1.54) is 12.8 Å². The molecule has 0 unspecified atom stereocenters. The lowest BCUT2D eigenvalue weighted by molar-refractivity contribution is 0.890. The molecule has 1 aliphatic carbocycles. The number of fused-ring (bicyclic) bond motifs is 1. The zero-order valence-corrected chi connectivity index (χ0v) is 9.67.